The molecule has 0 aliphatic heterocycles. The SMILES string of the molecule is COC(C)(CO)CN(Cc1csc(C)c1C)C(=O)CCl. The van der Waals surface area contributed by atoms with Crippen LogP contribution in [-0.4, -0.2) is 47.7 Å². The zero-order valence-electron chi connectivity index (χ0n) is 12.4. The molecule has 6 heteroatoms. The topological polar surface area (TPSA) is 49.8 Å². The second-order valence-electron chi connectivity index (χ2n) is 5.14. The van der Waals surface area contributed by atoms with Crippen molar-refractivity contribution in [2.24, 2.45) is 0 Å². The molecule has 114 valence electrons. The van der Waals surface area contributed by atoms with Crippen LogP contribution in [0, 0.1) is 13.8 Å². The number of hydrogen-bond donors (Lipinski definition) is 1. The van der Waals surface area contributed by atoms with E-state index in [0.29, 0.717) is 13.1 Å². The molecule has 0 radical (unpaired) electrons. The lowest BCUT2D eigenvalue weighted by molar-refractivity contribution is -0.135. The molecule has 1 aromatic rings. The maximum Gasteiger partial charge on any atom is 0.237 e. The molecule has 0 bridgehead atoms. The van der Waals surface area contributed by atoms with E-state index in [9.17, 15) is 9.90 Å². The first kappa shape index (κ1) is 17.4. The van der Waals surface area contributed by atoms with Gasteiger partial charge in [0.05, 0.1) is 13.2 Å². The molecule has 1 rings (SSSR count). The molecule has 1 amide bonds. The number of rotatable bonds is 7. The number of ether oxygens (including phenoxy) is 1. The third-order valence-electron chi connectivity index (χ3n) is 3.57. The van der Waals surface area contributed by atoms with Crippen molar-refractivity contribution in [1.29, 1.82) is 0 Å². The predicted molar refractivity (Wildman–Crippen MR) is 82.4 cm³/mol. The summed E-state index contributed by atoms with van der Waals surface area (Å²) in [5, 5.41) is 11.5. The first-order valence-electron chi connectivity index (χ1n) is 6.40. The summed E-state index contributed by atoms with van der Waals surface area (Å²) < 4.78 is 5.30. The number of thiophene rings is 1. The van der Waals surface area contributed by atoms with Gasteiger partial charge in [-0.05, 0) is 37.3 Å². The number of amides is 1. The van der Waals surface area contributed by atoms with E-state index in [1.165, 1.54) is 17.6 Å². The van der Waals surface area contributed by atoms with Crippen LogP contribution in [0.1, 0.15) is 22.9 Å². The van der Waals surface area contributed by atoms with E-state index in [0.717, 1.165) is 5.56 Å². The van der Waals surface area contributed by atoms with Crippen LogP contribution < -0.4 is 0 Å². The lowest BCUT2D eigenvalue weighted by Crippen LogP contribution is -2.47. The lowest BCUT2D eigenvalue weighted by atomic mass is 10.1. The van der Waals surface area contributed by atoms with E-state index < -0.39 is 5.60 Å². The zero-order valence-corrected chi connectivity index (χ0v) is 14.0. The van der Waals surface area contributed by atoms with Crippen molar-refractivity contribution in [3.8, 4) is 0 Å². The fourth-order valence-electron chi connectivity index (χ4n) is 1.82. The number of nitrogens with zero attached hydrogens (tertiary/aromatic N) is 1. The van der Waals surface area contributed by atoms with Gasteiger partial charge in [-0.1, -0.05) is 0 Å². The van der Waals surface area contributed by atoms with Gasteiger partial charge in [-0.3, -0.25) is 4.79 Å². The minimum absolute atomic E-state index is 0.0760. The molecule has 1 aromatic heterocycles. The highest BCUT2D eigenvalue weighted by Gasteiger charge is 2.28. The van der Waals surface area contributed by atoms with Crippen LogP contribution in [0.4, 0.5) is 0 Å². The number of carbonyl (C=O) groups excluding carboxylic acids is 1. The number of aryl methyl sites for hydroxylation is 1. The Kier molecular flexibility index (Phi) is 6.45. The van der Waals surface area contributed by atoms with Crippen LogP contribution in [0.15, 0.2) is 5.38 Å². The largest absolute Gasteiger partial charge is 0.393 e. The Morgan fingerprint density at radius 2 is 2.20 bits per heavy atom. The van der Waals surface area contributed by atoms with Crippen molar-refractivity contribution in [2.45, 2.75) is 32.9 Å². The normalized spacial score (nSPS) is 14.1. The Labute approximate surface area is 129 Å². The first-order valence-corrected chi connectivity index (χ1v) is 7.81. The summed E-state index contributed by atoms with van der Waals surface area (Å²) in [5.74, 6) is -0.237. The smallest absolute Gasteiger partial charge is 0.237 e. The van der Waals surface area contributed by atoms with Gasteiger partial charge in [0, 0.05) is 18.5 Å². The minimum Gasteiger partial charge on any atom is -0.393 e. The summed E-state index contributed by atoms with van der Waals surface area (Å²) in [6, 6.07) is 0. The molecule has 0 aliphatic rings. The van der Waals surface area contributed by atoms with Crippen molar-refractivity contribution in [1.82, 2.24) is 4.90 Å². The molecule has 0 fully saturated rings. The van der Waals surface area contributed by atoms with E-state index in [1.54, 1.807) is 23.2 Å². The summed E-state index contributed by atoms with van der Waals surface area (Å²) in [7, 11) is 1.53. The third-order valence-corrected chi connectivity index (χ3v) is 4.86. The summed E-state index contributed by atoms with van der Waals surface area (Å²) >= 11 is 7.35. The van der Waals surface area contributed by atoms with Crippen molar-refractivity contribution in [2.75, 3.05) is 26.1 Å². The number of methoxy groups -OCH3 is 1. The Balaban J connectivity index is 2.90. The second kappa shape index (κ2) is 7.41. The van der Waals surface area contributed by atoms with Crippen LogP contribution in [0.2, 0.25) is 0 Å². The molecule has 20 heavy (non-hydrogen) atoms. The molecule has 0 saturated heterocycles. The fraction of sp³-hybridized carbons (Fsp3) is 0.643. The van der Waals surface area contributed by atoms with Crippen molar-refractivity contribution < 1.29 is 14.6 Å². The molecule has 1 N–H and O–H groups in total. The quantitative estimate of drug-likeness (QED) is 0.785. The van der Waals surface area contributed by atoms with Gasteiger partial charge in [-0.15, -0.1) is 22.9 Å². The van der Waals surface area contributed by atoms with E-state index in [4.69, 9.17) is 16.3 Å². The summed E-state index contributed by atoms with van der Waals surface area (Å²) in [5.41, 5.74) is 1.54. The zero-order chi connectivity index (χ0) is 15.3. The summed E-state index contributed by atoms with van der Waals surface area (Å²) in [6.07, 6.45) is 0. The Hall–Kier alpha value is -0.620. The molecule has 0 aromatic carbocycles. The molecule has 0 saturated carbocycles. The minimum atomic E-state index is -0.777. The van der Waals surface area contributed by atoms with E-state index in [1.807, 2.05) is 6.92 Å². The highest BCUT2D eigenvalue weighted by atomic mass is 35.5. The van der Waals surface area contributed by atoms with Gasteiger partial charge in [-0.25, -0.2) is 0 Å². The highest BCUT2D eigenvalue weighted by Crippen LogP contribution is 2.23. The number of aliphatic hydroxyl groups excluding tert-OH is 1. The number of alkyl halides is 1. The van der Waals surface area contributed by atoms with Gasteiger partial charge in [0.1, 0.15) is 11.5 Å². The lowest BCUT2D eigenvalue weighted by Gasteiger charge is -2.33. The van der Waals surface area contributed by atoms with Crippen LogP contribution >= 0.6 is 22.9 Å². The molecular formula is C14H22ClNO3S. The maximum absolute atomic E-state index is 12.0. The highest BCUT2D eigenvalue weighted by molar-refractivity contribution is 7.10. The van der Waals surface area contributed by atoms with Crippen LogP contribution in [0.3, 0.4) is 0 Å². The number of carbonyl (C=O) groups is 1. The van der Waals surface area contributed by atoms with E-state index in [2.05, 4.69) is 12.3 Å². The monoisotopic (exact) mass is 319 g/mol. The maximum atomic E-state index is 12.0. The molecule has 1 unspecified atom stereocenters. The van der Waals surface area contributed by atoms with Gasteiger partial charge in [0.2, 0.25) is 5.91 Å². The van der Waals surface area contributed by atoms with Crippen molar-refractivity contribution in [3.63, 3.8) is 0 Å². The Morgan fingerprint density at radius 1 is 1.55 bits per heavy atom. The van der Waals surface area contributed by atoms with Crippen molar-refractivity contribution in [3.05, 3.63) is 21.4 Å². The number of aliphatic hydroxyl groups is 1. The number of hydrogen-bond acceptors (Lipinski definition) is 4. The average Bonchev–Trinajstić information content (AvgIpc) is 2.77. The molecule has 0 spiro atoms. The third kappa shape index (κ3) is 4.19. The van der Waals surface area contributed by atoms with Gasteiger partial charge in [0.15, 0.2) is 0 Å². The van der Waals surface area contributed by atoms with E-state index >= 15 is 0 Å². The molecule has 0 aliphatic carbocycles. The Bertz CT molecular complexity index is 457. The second-order valence-corrected chi connectivity index (χ2v) is 6.49. The van der Waals surface area contributed by atoms with Gasteiger partial charge >= 0.3 is 0 Å². The molecule has 1 heterocycles. The summed E-state index contributed by atoms with van der Waals surface area (Å²) in [6.45, 7) is 6.52. The van der Waals surface area contributed by atoms with Crippen LogP contribution in [-0.2, 0) is 16.1 Å². The molecule has 1 atom stereocenters. The van der Waals surface area contributed by atoms with Gasteiger partial charge < -0.3 is 14.7 Å². The van der Waals surface area contributed by atoms with Crippen LogP contribution in [0.5, 0.6) is 0 Å². The van der Waals surface area contributed by atoms with Crippen molar-refractivity contribution >= 4 is 28.8 Å². The predicted octanol–water partition coefficient (Wildman–Crippen LogP) is 2.33. The molecule has 4 nitrogen and oxygen atoms in total. The fourth-order valence-corrected chi connectivity index (χ4v) is 2.87. The standard InChI is InChI=1S/C14H22ClNO3S/c1-10-11(2)20-7-12(10)6-16(13(18)5-15)8-14(3,9-17)19-4/h7,17H,5-6,8-9H2,1-4H3. The molecular weight excluding hydrogens is 298 g/mol. The van der Waals surface area contributed by atoms with E-state index in [-0.39, 0.29) is 18.4 Å². The average molecular weight is 320 g/mol. The van der Waals surface area contributed by atoms with Gasteiger partial charge in [0.25, 0.3) is 0 Å². The van der Waals surface area contributed by atoms with Crippen LogP contribution in [0.25, 0.3) is 0 Å². The number of halogens is 1. The first-order chi connectivity index (χ1) is 9.36. The summed E-state index contributed by atoms with van der Waals surface area (Å²) in [4.78, 5) is 14.9. The van der Waals surface area contributed by atoms with Gasteiger partial charge in [-0.2, -0.15) is 0 Å². The Morgan fingerprint density at radius 3 is 2.60 bits per heavy atom.